The Hall–Kier alpha value is -2.57. The number of carbonyl (C=O) groups is 1. The van der Waals surface area contributed by atoms with Crippen molar-refractivity contribution in [2.75, 3.05) is 13.1 Å². The van der Waals surface area contributed by atoms with Gasteiger partial charge in [-0.1, -0.05) is 11.6 Å². The lowest BCUT2D eigenvalue weighted by atomic mass is 9.89. The molecule has 1 saturated heterocycles. The number of aryl methyl sites for hydroxylation is 1. The summed E-state index contributed by atoms with van der Waals surface area (Å²) >= 11 is 5.64. The first-order chi connectivity index (χ1) is 15.0. The molecule has 7 nitrogen and oxygen atoms in total. The van der Waals surface area contributed by atoms with Crippen molar-refractivity contribution in [2.24, 2.45) is 5.92 Å². The second-order valence-corrected chi connectivity index (χ2v) is 8.15. The summed E-state index contributed by atoms with van der Waals surface area (Å²) in [4.78, 5) is 30.3. The minimum absolute atomic E-state index is 0.00404. The molecule has 4 atom stereocenters. The number of hydrogen-bond acceptors (Lipinski definition) is 4. The highest BCUT2D eigenvalue weighted by Gasteiger charge is 2.53. The zero-order chi connectivity index (χ0) is 23.4. The number of carbonyl (C=O) groups excluding carboxylic acids is 1. The van der Waals surface area contributed by atoms with E-state index in [0.717, 1.165) is 12.3 Å². The summed E-state index contributed by atoms with van der Waals surface area (Å²) in [5, 5.41) is 3.96. The first kappa shape index (κ1) is 22.6. The Morgan fingerprint density at radius 3 is 2.47 bits per heavy atom. The molecule has 4 heterocycles. The summed E-state index contributed by atoms with van der Waals surface area (Å²) in [6.45, 7) is -1.93. The molecule has 174 valence electrons. The summed E-state index contributed by atoms with van der Waals surface area (Å²) in [7, 11) is 0. The van der Waals surface area contributed by atoms with Crippen LogP contribution in [0.5, 0.6) is 0 Å². The molecule has 0 aromatic carbocycles. The Labute approximate surface area is 181 Å². The fourth-order valence-electron chi connectivity index (χ4n) is 4.06. The van der Waals surface area contributed by atoms with Crippen molar-refractivity contribution in [1.82, 2.24) is 24.2 Å². The van der Waals surface area contributed by atoms with Gasteiger partial charge >= 0.3 is 11.9 Å². The maximum absolute atomic E-state index is 14.1. The second-order valence-electron chi connectivity index (χ2n) is 7.72. The minimum Gasteiger partial charge on any atom is -0.335 e. The average molecular weight is 484 g/mol. The molecule has 2 aromatic rings. The molecule has 0 radical (unpaired) electrons. The Morgan fingerprint density at radius 2 is 1.88 bits per heavy atom. The molecule has 0 aliphatic carbocycles. The van der Waals surface area contributed by atoms with E-state index < -0.39 is 73.9 Å². The smallest absolute Gasteiger partial charge is 0.335 e. The van der Waals surface area contributed by atoms with Crippen molar-refractivity contribution < 1.29 is 31.1 Å². The Kier molecular flexibility index (Phi) is 5.72. The third kappa shape index (κ3) is 3.97. The normalized spacial score (nSPS) is 25.8. The zero-order valence-electron chi connectivity index (χ0n) is 16.2. The highest BCUT2D eigenvalue weighted by molar-refractivity contribution is 6.30. The molecule has 0 saturated carbocycles. The van der Waals surface area contributed by atoms with Crippen LogP contribution in [-0.4, -0.2) is 61.7 Å². The molecule has 0 N–H and O–H groups in total. The minimum atomic E-state index is -4.85. The van der Waals surface area contributed by atoms with E-state index in [1.165, 1.54) is 0 Å². The summed E-state index contributed by atoms with van der Waals surface area (Å²) < 4.78 is 83.7. The lowest BCUT2D eigenvalue weighted by molar-refractivity contribution is -0.196. The lowest BCUT2D eigenvalue weighted by Gasteiger charge is -2.34. The van der Waals surface area contributed by atoms with Crippen LogP contribution in [0.25, 0.3) is 0 Å². The van der Waals surface area contributed by atoms with Gasteiger partial charge in [0.05, 0.1) is 36.3 Å². The number of hydrogen-bond donors (Lipinski definition) is 0. The Morgan fingerprint density at radius 1 is 1.22 bits per heavy atom. The van der Waals surface area contributed by atoms with E-state index in [2.05, 4.69) is 10.1 Å². The van der Waals surface area contributed by atoms with Gasteiger partial charge in [-0.2, -0.15) is 18.3 Å². The van der Waals surface area contributed by atoms with Crippen LogP contribution in [0.15, 0.2) is 17.1 Å². The largest absolute Gasteiger partial charge is 0.394 e. The first-order valence-corrected chi connectivity index (χ1v) is 9.97. The number of amides is 1. The molecular formula is C18H16ClF6N5O2. The van der Waals surface area contributed by atoms with Crippen LogP contribution >= 0.6 is 11.6 Å². The first-order valence-electron chi connectivity index (χ1n) is 9.59. The van der Waals surface area contributed by atoms with Crippen LogP contribution in [0.1, 0.15) is 24.0 Å². The number of halogens is 7. The molecule has 2 aromatic heterocycles. The summed E-state index contributed by atoms with van der Waals surface area (Å²) in [6, 6.07) is -1.12. The molecule has 0 bridgehead atoms. The standard InChI is InChI=1S/C18H16ClF6N5O2/c19-8-3-10(20)13(26-4-8)7-29-17(32)30-14(27-29)2-1-9(18(23,24)25)15(30)16(31)28-5-11(21)12(22)6-28/h3-4,9,11-12,15H,1-2,5-7H2/t9-,11-,12+,15-/m1/s1. The van der Waals surface area contributed by atoms with Gasteiger partial charge in [0.1, 0.15) is 17.7 Å². The molecular weight excluding hydrogens is 468 g/mol. The van der Waals surface area contributed by atoms with E-state index in [1.807, 2.05) is 0 Å². The molecule has 1 amide bonds. The van der Waals surface area contributed by atoms with Gasteiger partial charge in [0.15, 0.2) is 12.3 Å². The van der Waals surface area contributed by atoms with Crippen LogP contribution in [0.2, 0.25) is 5.02 Å². The van der Waals surface area contributed by atoms with Gasteiger partial charge in [-0.25, -0.2) is 22.6 Å². The molecule has 14 heteroatoms. The highest BCUT2D eigenvalue weighted by atomic mass is 35.5. The number of likely N-dealkylation sites (tertiary alicyclic amines) is 1. The molecule has 0 spiro atoms. The van der Waals surface area contributed by atoms with Crippen molar-refractivity contribution in [3.63, 3.8) is 0 Å². The summed E-state index contributed by atoms with van der Waals surface area (Å²) in [6.07, 6.45) is -8.59. The van der Waals surface area contributed by atoms with E-state index in [4.69, 9.17) is 11.6 Å². The van der Waals surface area contributed by atoms with Crippen molar-refractivity contribution in [3.8, 4) is 0 Å². The van der Waals surface area contributed by atoms with Gasteiger partial charge in [-0.15, -0.1) is 0 Å². The van der Waals surface area contributed by atoms with E-state index in [1.54, 1.807) is 0 Å². The predicted molar refractivity (Wildman–Crippen MR) is 98.1 cm³/mol. The van der Waals surface area contributed by atoms with Crippen molar-refractivity contribution >= 4 is 17.5 Å². The van der Waals surface area contributed by atoms with Gasteiger partial charge in [0, 0.05) is 12.6 Å². The van der Waals surface area contributed by atoms with Gasteiger partial charge in [-0.05, 0) is 12.5 Å². The third-order valence-electron chi connectivity index (χ3n) is 5.63. The predicted octanol–water partition coefficient (Wildman–Crippen LogP) is 2.46. The lowest BCUT2D eigenvalue weighted by Crippen LogP contribution is -2.49. The van der Waals surface area contributed by atoms with Crippen LogP contribution in [0.4, 0.5) is 26.3 Å². The van der Waals surface area contributed by atoms with Gasteiger partial charge in [-0.3, -0.25) is 14.3 Å². The van der Waals surface area contributed by atoms with Crippen LogP contribution in [0.3, 0.4) is 0 Å². The van der Waals surface area contributed by atoms with Crippen LogP contribution < -0.4 is 5.69 Å². The highest BCUT2D eigenvalue weighted by Crippen LogP contribution is 2.42. The fraction of sp³-hybridized carbons (Fsp3) is 0.556. The SMILES string of the molecule is O=C([C@H]1[C@H](C(F)(F)F)CCc2nn(Cc3ncc(Cl)cc3F)c(=O)n21)N1C[C@@H](F)[C@@H](F)C1. The van der Waals surface area contributed by atoms with Gasteiger partial charge in [0.25, 0.3) is 0 Å². The molecule has 1 fully saturated rings. The van der Waals surface area contributed by atoms with E-state index in [-0.39, 0.29) is 23.0 Å². The Bertz CT molecular complexity index is 1090. The summed E-state index contributed by atoms with van der Waals surface area (Å²) in [5.74, 6) is -4.43. The van der Waals surface area contributed by atoms with Crippen molar-refractivity contribution in [2.45, 2.75) is 43.9 Å². The van der Waals surface area contributed by atoms with Crippen molar-refractivity contribution in [1.29, 1.82) is 0 Å². The number of aromatic nitrogens is 4. The fourth-order valence-corrected chi connectivity index (χ4v) is 4.20. The maximum atomic E-state index is 14.1. The quantitative estimate of drug-likeness (QED) is 0.629. The molecule has 32 heavy (non-hydrogen) atoms. The maximum Gasteiger partial charge on any atom is 0.394 e. The molecule has 4 rings (SSSR count). The van der Waals surface area contributed by atoms with Crippen molar-refractivity contribution in [3.05, 3.63) is 45.1 Å². The topological polar surface area (TPSA) is 73.0 Å². The molecule has 2 aliphatic heterocycles. The van der Waals surface area contributed by atoms with Crippen LogP contribution in [-0.2, 0) is 17.8 Å². The number of fused-ring (bicyclic) bond motifs is 1. The molecule has 0 unspecified atom stereocenters. The van der Waals surface area contributed by atoms with Gasteiger partial charge < -0.3 is 4.90 Å². The number of rotatable bonds is 3. The summed E-state index contributed by atoms with van der Waals surface area (Å²) in [5.41, 5.74) is -1.32. The second kappa shape index (κ2) is 8.09. The average Bonchev–Trinajstić information content (AvgIpc) is 3.21. The Balaban J connectivity index is 1.74. The third-order valence-corrected chi connectivity index (χ3v) is 5.84. The molecule has 2 aliphatic rings. The van der Waals surface area contributed by atoms with E-state index in [9.17, 15) is 35.9 Å². The van der Waals surface area contributed by atoms with E-state index in [0.29, 0.717) is 14.1 Å². The van der Waals surface area contributed by atoms with Crippen LogP contribution in [0, 0.1) is 11.7 Å². The monoisotopic (exact) mass is 483 g/mol. The number of pyridine rings is 1. The van der Waals surface area contributed by atoms with Gasteiger partial charge in [0.2, 0.25) is 5.91 Å². The zero-order valence-corrected chi connectivity index (χ0v) is 17.0. The number of alkyl halides is 5. The van der Waals surface area contributed by atoms with E-state index >= 15 is 0 Å². The number of nitrogens with zero attached hydrogens (tertiary/aromatic N) is 5.